The number of carboxylic acid groups (broad SMARTS) is 1. The zero-order chi connectivity index (χ0) is 29.1. The van der Waals surface area contributed by atoms with Crippen molar-refractivity contribution in [3.8, 4) is 0 Å². The number of ether oxygens (including phenoxy) is 1. The minimum Gasteiger partial charge on any atom is -0.481 e. The van der Waals surface area contributed by atoms with Gasteiger partial charge in [-0.25, -0.2) is 4.98 Å². The van der Waals surface area contributed by atoms with Crippen molar-refractivity contribution in [2.45, 2.75) is 57.8 Å². The van der Waals surface area contributed by atoms with Gasteiger partial charge >= 0.3 is 5.97 Å². The number of carboxylic acids is 1. The Kier molecular flexibility index (Phi) is 5.57. The average Bonchev–Trinajstić information content (AvgIpc) is 3.26. The molecule has 0 unspecified atom stereocenters. The Morgan fingerprint density at radius 3 is 2.56 bits per heavy atom. The summed E-state index contributed by atoms with van der Waals surface area (Å²) in [5.74, 6) is -0.412. The number of aromatic nitrogens is 2. The molecular formula is C28H37N3O3. The molecule has 0 amide bonds. The summed E-state index contributed by atoms with van der Waals surface area (Å²) in [4.78, 5) is 19.4. The van der Waals surface area contributed by atoms with Crippen molar-refractivity contribution in [3.63, 3.8) is 0 Å². The standard InChI is InChI=1S/C28H37N3O3/c1-4-34-20-19-31-25-8-6-5-7-24(25)29-26(31)22-14-17-30(18-15-22)16-13-21-9-11-23(12-10-21)28(2,3)27(32)33/h5-12,22H,4,13-20H2,1-3H3,(H,32,33)/i2D3,3D3. The van der Waals surface area contributed by atoms with E-state index in [2.05, 4.69) is 15.5 Å². The lowest BCUT2D eigenvalue weighted by atomic mass is 9.84. The molecule has 6 heteroatoms. The molecule has 34 heavy (non-hydrogen) atoms. The molecule has 1 saturated heterocycles. The Hall–Kier alpha value is -2.70. The van der Waals surface area contributed by atoms with Crippen LogP contribution in [0.4, 0.5) is 0 Å². The lowest BCUT2D eigenvalue weighted by Crippen LogP contribution is -2.35. The molecule has 0 atom stereocenters. The van der Waals surface area contributed by atoms with E-state index in [9.17, 15) is 9.90 Å². The fourth-order valence-corrected chi connectivity index (χ4v) is 4.69. The van der Waals surface area contributed by atoms with Crippen LogP contribution in [0.5, 0.6) is 0 Å². The second kappa shape index (κ2) is 10.7. The zero-order valence-electron chi connectivity index (χ0n) is 25.7. The molecule has 6 nitrogen and oxygen atoms in total. The lowest BCUT2D eigenvalue weighted by molar-refractivity contribution is -0.142. The van der Waals surface area contributed by atoms with Gasteiger partial charge < -0.3 is 19.3 Å². The third-order valence-electron chi connectivity index (χ3n) is 6.72. The van der Waals surface area contributed by atoms with Crippen LogP contribution < -0.4 is 0 Å². The maximum atomic E-state index is 12.1. The molecule has 0 saturated carbocycles. The van der Waals surface area contributed by atoms with Crippen molar-refractivity contribution in [3.05, 3.63) is 65.5 Å². The van der Waals surface area contributed by atoms with E-state index in [1.54, 1.807) is 12.1 Å². The molecule has 0 spiro atoms. The quantitative estimate of drug-likeness (QED) is 0.430. The van der Waals surface area contributed by atoms with Crippen molar-refractivity contribution in [2.24, 2.45) is 0 Å². The molecule has 0 bridgehead atoms. The van der Waals surface area contributed by atoms with Crippen molar-refractivity contribution in [1.82, 2.24) is 14.5 Å². The Morgan fingerprint density at radius 1 is 1.15 bits per heavy atom. The average molecular weight is 470 g/mol. The highest BCUT2D eigenvalue weighted by molar-refractivity contribution is 5.80. The largest absolute Gasteiger partial charge is 0.481 e. The summed E-state index contributed by atoms with van der Waals surface area (Å²) in [6.07, 6.45) is 2.64. The highest BCUT2D eigenvalue weighted by Crippen LogP contribution is 2.30. The van der Waals surface area contributed by atoms with E-state index in [1.807, 2.05) is 25.1 Å². The number of likely N-dealkylation sites (tertiary alicyclic amines) is 1. The highest BCUT2D eigenvalue weighted by atomic mass is 16.5. The van der Waals surface area contributed by atoms with E-state index >= 15 is 0 Å². The van der Waals surface area contributed by atoms with Gasteiger partial charge in [0.25, 0.3) is 0 Å². The number of carbonyl (C=O) groups is 1. The number of benzene rings is 2. The molecular weight excluding hydrogens is 426 g/mol. The van der Waals surface area contributed by atoms with E-state index in [0.717, 1.165) is 61.4 Å². The summed E-state index contributed by atoms with van der Waals surface area (Å²) in [5, 5.41) is 9.77. The number of imidazole rings is 1. The minimum atomic E-state index is -3.25. The number of nitrogens with zero attached hydrogens (tertiary/aromatic N) is 3. The molecule has 4 rings (SSSR count). The summed E-state index contributed by atoms with van der Waals surface area (Å²) in [6, 6.07) is 14.1. The first-order valence-electron chi connectivity index (χ1n) is 15.0. The van der Waals surface area contributed by atoms with Gasteiger partial charge in [0.15, 0.2) is 0 Å². The summed E-state index contributed by atoms with van der Waals surface area (Å²) in [6.45, 7) is 0.210. The van der Waals surface area contributed by atoms with E-state index in [1.165, 1.54) is 12.1 Å². The van der Waals surface area contributed by atoms with Gasteiger partial charge in [-0.05, 0) is 76.2 Å². The molecule has 2 aromatic carbocycles. The first kappa shape index (κ1) is 17.7. The molecule has 1 N–H and O–H groups in total. The molecule has 1 aliphatic rings. The van der Waals surface area contributed by atoms with Gasteiger partial charge in [-0.15, -0.1) is 0 Å². The number of piperidine rings is 1. The molecule has 3 aromatic rings. The molecule has 182 valence electrons. The molecule has 1 fully saturated rings. The van der Waals surface area contributed by atoms with Crippen molar-refractivity contribution in [2.75, 3.05) is 32.8 Å². The lowest BCUT2D eigenvalue weighted by Gasteiger charge is -2.32. The summed E-state index contributed by atoms with van der Waals surface area (Å²) in [5.41, 5.74) is -0.203. The predicted molar refractivity (Wildman–Crippen MR) is 135 cm³/mol. The molecule has 1 aliphatic heterocycles. The van der Waals surface area contributed by atoms with E-state index in [-0.39, 0.29) is 5.56 Å². The van der Waals surface area contributed by atoms with Crippen LogP contribution in [0.25, 0.3) is 11.0 Å². The van der Waals surface area contributed by atoms with Crippen molar-refractivity contribution in [1.29, 1.82) is 0 Å². The van der Waals surface area contributed by atoms with Crippen molar-refractivity contribution < 1.29 is 22.9 Å². The smallest absolute Gasteiger partial charge is 0.313 e. The first-order chi connectivity index (χ1) is 18.9. The summed E-state index contributed by atoms with van der Waals surface area (Å²) >= 11 is 0. The monoisotopic (exact) mass is 469 g/mol. The van der Waals surface area contributed by atoms with Crippen LogP contribution in [0.2, 0.25) is 0 Å². The van der Waals surface area contributed by atoms with Gasteiger partial charge in [-0.2, -0.15) is 0 Å². The highest BCUT2D eigenvalue weighted by Gasteiger charge is 2.29. The third-order valence-corrected chi connectivity index (χ3v) is 6.72. The SMILES string of the molecule is [2H]C([2H])([2H])C(C(=O)O)(c1ccc(CCN2CCC(c3nc4ccccc4n3CCOCC)CC2)cc1)C([2H])([2H])[2H]. The van der Waals surface area contributed by atoms with Crippen LogP contribution in [0, 0.1) is 0 Å². The number of fused-ring (bicyclic) bond motifs is 1. The number of rotatable bonds is 10. The third kappa shape index (κ3) is 5.34. The maximum absolute atomic E-state index is 12.1. The van der Waals surface area contributed by atoms with Crippen LogP contribution in [-0.2, 0) is 27.9 Å². The minimum absolute atomic E-state index is 0.239. The van der Waals surface area contributed by atoms with Gasteiger partial charge in [-0.1, -0.05) is 36.4 Å². The normalized spacial score (nSPS) is 19.1. The van der Waals surface area contributed by atoms with Gasteiger partial charge in [0.1, 0.15) is 5.82 Å². The predicted octanol–water partition coefficient (Wildman–Crippen LogP) is 4.86. The zero-order valence-corrected chi connectivity index (χ0v) is 19.7. The van der Waals surface area contributed by atoms with Crippen LogP contribution in [-0.4, -0.2) is 58.4 Å². The Morgan fingerprint density at radius 2 is 1.88 bits per heavy atom. The molecule has 2 heterocycles. The Bertz CT molecular complexity index is 1280. The van der Waals surface area contributed by atoms with E-state index < -0.39 is 25.1 Å². The van der Waals surface area contributed by atoms with Gasteiger partial charge in [-0.3, -0.25) is 4.79 Å². The van der Waals surface area contributed by atoms with Crippen LogP contribution in [0.15, 0.2) is 48.5 Å². The summed E-state index contributed by atoms with van der Waals surface area (Å²) in [7, 11) is 0. The first-order valence-corrected chi connectivity index (χ1v) is 12.0. The topological polar surface area (TPSA) is 67.6 Å². The molecule has 1 aromatic heterocycles. The second-order valence-corrected chi connectivity index (χ2v) is 8.93. The number of para-hydroxylation sites is 2. The molecule has 0 aliphatic carbocycles. The Labute approximate surface area is 211 Å². The number of hydrogen-bond acceptors (Lipinski definition) is 4. The van der Waals surface area contributed by atoms with E-state index in [4.69, 9.17) is 17.9 Å². The van der Waals surface area contributed by atoms with Gasteiger partial charge in [0, 0.05) is 33.8 Å². The fraction of sp³-hybridized carbons (Fsp3) is 0.500. The van der Waals surface area contributed by atoms with E-state index in [0.29, 0.717) is 25.6 Å². The van der Waals surface area contributed by atoms with Crippen LogP contribution in [0.3, 0.4) is 0 Å². The fourth-order valence-electron chi connectivity index (χ4n) is 4.69. The number of hydrogen-bond donors (Lipinski definition) is 1. The van der Waals surface area contributed by atoms with Crippen LogP contribution >= 0.6 is 0 Å². The second-order valence-electron chi connectivity index (χ2n) is 8.93. The number of aliphatic carboxylic acids is 1. The Balaban J connectivity index is 1.40. The van der Waals surface area contributed by atoms with Gasteiger partial charge in [0.2, 0.25) is 0 Å². The molecule has 0 radical (unpaired) electrons. The maximum Gasteiger partial charge on any atom is 0.313 e. The summed E-state index contributed by atoms with van der Waals surface area (Å²) < 4.78 is 54.5. The van der Waals surface area contributed by atoms with Crippen molar-refractivity contribution >= 4 is 17.0 Å². The van der Waals surface area contributed by atoms with Gasteiger partial charge in [0.05, 0.1) is 23.1 Å². The van der Waals surface area contributed by atoms with Crippen LogP contribution in [0.1, 0.15) is 64.6 Å².